The molecule has 1 heterocycles. The Balaban J connectivity index is 2.24. The molecule has 2 rings (SSSR count). The third-order valence-electron chi connectivity index (χ3n) is 3.05. The number of rotatable bonds is 4. The van der Waals surface area contributed by atoms with Crippen LogP contribution in [-0.2, 0) is 0 Å². The molecule has 100 valence electrons. The highest BCUT2D eigenvalue weighted by Crippen LogP contribution is 2.24. The van der Waals surface area contributed by atoms with Gasteiger partial charge in [0.2, 0.25) is 0 Å². The summed E-state index contributed by atoms with van der Waals surface area (Å²) in [5.74, 6) is 1.25. The average Bonchev–Trinajstić information content (AvgIpc) is 2.41. The highest BCUT2D eigenvalue weighted by Gasteiger charge is 2.13. The van der Waals surface area contributed by atoms with E-state index in [-0.39, 0.29) is 11.9 Å². The predicted octanol–water partition coefficient (Wildman–Crippen LogP) is 3.14. The van der Waals surface area contributed by atoms with Gasteiger partial charge < -0.3 is 10.6 Å². The topological polar surface area (TPSA) is 49.8 Å². The van der Waals surface area contributed by atoms with E-state index in [1.54, 1.807) is 19.2 Å². The van der Waals surface area contributed by atoms with Crippen molar-refractivity contribution < 1.29 is 4.39 Å². The lowest BCUT2D eigenvalue weighted by atomic mass is 10.1. The molecule has 0 radical (unpaired) electrons. The van der Waals surface area contributed by atoms with Gasteiger partial charge in [-0.2, -0.15) is 0 Å². The molecule has 4 nitrogen and oxygen atoms in total. The van der Waals surface area contributed by atoms with Gasteiger partial charge in [0.15, 0.2) is 0 Å². The van der Waals surface area contributed by atoms with Crippen LogP contribution in [0.2, 0.25) is 0 Å². The first-order valence-electron chi connectivity index (χ1n) is 6.13. The van der Waals surface area contributed by atoms with Crippen molar-refractivity contribution in [3.8, 4) is 0 Å². The minimum Gasteiger partial charge on any atom is -0.373 e. The Hall–Kier alpha value is -2.17. The summed E-state index contributed by atoms with van der Waals surface area (Å²) >= 11 is 0. The molecule has 0 amide bonds. The first-order chi connectivity index (χ1) is 9.13. The molecule has 1 aromatic carbocycles. The van der Waals surface area contributed by atoms with Crippen molar-refractivity contribution in [2.24, 2.45) is 0 Å². The SMILES string of the molecule is CNc1ncnc(NC(C)c2ccccc2F)c1C. The lowest BCUT2D eigenvalue weighted by Gasteiger charge is -2.17. The molecule has 0 saturated carbocycles. The van der Waals surface area contributed by atoms with Gasteiger partial charge in [-0.05, 0) is 19.9 Å². The van der Waals surface area contributed by atoms with Crippen molar-refractivity contribution in [2.45, 2.75) is 19.9 Å². The molecule has 0 bridgehead atoms. The number of benzene rings is 1. The Kier molecular flexibility index (Phi) is 3.94. The predicted molar refractivity (Wildman–Crippen MR) is 74.8 cm³/mol. The van der Waals surface area contributed by atoms with Gasteiger partial charge in [-0.1, -0.05) is 18.2 Å². The van der Waals surface area contributed by atoms with E-state index in [1.807, 2.05) is 19.9 Å². The standard InChI is InChI=1S/C14H17FN4/c1-9-13(16-3)17-8-18-14(9)19-10(2)11-6-4-5-7-12(11)15/h4-8,10H,1-3H3,(H2,16,17,18,19). The molecule has 1 aromatic heterocycles. The van der Waals surface area contributed by atoms with Gasteiger partial charge in [0, 0.05) is 18.2 Å². The zero-order valence-corrected chi connectivity index (χ0v) is 11.2. The fraction of sp³-hybridized carbons (Fsp3) is 0.286. The molecule has 2 N–H and O–H groups in total. The molecule has 0 aliphatic rings. The van der Waals surface area contributed by atoms with Crippen LogP contribution in [0.15, 0.2) is 30.6 Å². The van der Waals surface area contributed by atoms with E-state index >= 15 is 0 Å². The molecule has 0 spiro atoms. The molecule has 2 aromatic rings. The number of hydrogen-bond acceptors (Lipinski definition) is 4. The number of nitrogens with one attached hydrogen (secondary N) is 2. The van der Waals surface area contributed by atoms with Crippen molar-refractivity contribution >= 4 is 11.6 Å². The Morgan fingerprint density at radius 2 is 1.84 bits per heavy atom. The maximum atomic E-state index is 13.7. The van der Waals surface area contributed by atoms with Crippen molar-refractivity contribution in [1.82, 2.24) is 9.97 Å². The summed E-state index contributed by atoms with van der Waals surface area (Å²) in [6.45, 7) is 3.82. The second-order valence-corrected chi connectivity index (χ2v) is 4.33. The van der Waals surface area contributed by atoms with Crippen molar-refractivity contribution in [2.75, 3.05) is 17.7 Å². The summed E-state index contributed by atoms with van der Waals surface area (Å²) in [7, 11) is 1.80. The van der Waals surface area contributed by atoms with Crippen molar-refractivity contribution in [3.63, 3.8) is 0 Å². The molecular weight excluding hydrogens is 243 g/mol. The summed E-state index contributed by atoms with van der Waals surface area (Å²) in [5, 5.41) is 6.21. The van der Waals surface area contributed by atoms with E-state index in [1.165, 1.54) is 12.4 Å². The van der Waals surface area contributed by atoms with E-state index in [9.17, 15) is 4.39 Å². The van der Waals surface area contributed by atoms with Gasteiger partial charge in [-0.3, -0.25) is 0 Å². The van der Waals surface area contributed by atoms with E-state index in [0.717, 1.165) is 11.4 Å². The normalized spacial score (nSPS) is 12.0. The fourth-order valence-electron chi connectivity index (χ4n) is 1.96. The maximum absolute atomic E-state index is 13.7. The zero-order valence-electron chi connectivity index (χ0n) is 11.2. The lowest BCUT2D eigenvalue weighted by molar-refractivity contribution is 0.600. The maximum Gasteiger partial charge on any atom is 0.134 e. The molecule has 1 unspecified atom stereocenters. The number of nitrogens with zero attached hydrogens (tertiary/aromatic N) is 2. The molecule has 5 heteroatoms. The van der Waals surface area contributed by atoms with Crippen LogP contribution in [0.25, 0.3) is 0 Å². The molecule has 19 heavy (non-hydrogen) atoms. The van der Waals surface area contributed by atoms with Crippen LogP contribution in [0.5, 0.6) is 0 Å². The molecule has 0 fully saturated rings. The molecule has 0 aliphatic heterocycles. The summed E-state index contributed by atoms with van der Waals surface area (Å²) < 4.78 is 13.7. The summed E-state index contributed by atoms with van der Waals surface area (Å²) in [4.78, 5) is 8.32. The number of hydrogen-bond donors (Lipinski definition) is 2. The monoisotopic (exact) mass is 260 g/mol. The molecule has 0 saturated heterocycles. The number of aromatic nitrogens is 2. The molecule has 0 aliphatic carbocycles. The quantitative estimate of drug-likeness (QED) is 0.886. The van der Waals surface area contributed by atoms with Crippen LogP contribution in [0.3, 0.4) is 0 Å². The third-order valence-corrected chi connectivity index (χ3v) is 3.05. The minimum absolute atomic E-state index is 0.167. The van der Waals surface area contributed by atoms with E-state index in [2.05, 4.69) is 20.6 Å². The summed E-state index contributed by atoms with van der Waals surface area (Å²) in [6.07, 6.45) is 1.48. The lowest BCUT2D eigenvalue weighted by Crippen LogP contribution is -2.12. The minimum atomic E-state index is -0.219. The van der Waals surface area contributed by atoms with Gasteiger partial charge in [0.1, 0.15) is 23.8 Å². The van der Waals surface area contributed by atoms with Crippen LogP contribution in [0, 0.1) is 12.7 Å². The first kappa shape index (κ1) is 13.3. The van der Waals surface area contributed by atoms with Gasteiger partial charge in [0.25, 0.3) is 0 Å². The number of anilines is 2. The van der Waals surface area contributed by atoms with Gasteiger partial charge in [-0.15, -0.1) is 0 Å². The van der Waals surface area contributed by atoms with Crippen LogP contribution < -0.4 is 10.6 Å². The van der Waals surface area contributed by atoms with Crippen molar-refractivity contribution in [3.05, 3.63) is 47.5 Å². The van der Waals surface area contributed by atoms with Gasteiger partial charge in [0.05, 0.1) is 6.04 Å². The summed E-state index contributed by atoms with van der Waals surface area (Å²) in [5.41, 5.74) is 1.53. The van der Waals surface area contributed by atoms with Crippen LogP contribution in [-0.4, -0.2) is 17.0 Å². The largest absolute Gasteiger partial charge is 0.373 e. The molecule has 1 atom stereocenters. The van der Waals surface area contributed by atoms with Crippen LogP contribution >= 0.6 is 0 Å². The highest BCUT2D eigenvalue weighted by molar-refractivity contribution is 5.56. The Bertz CT molecular complexity index is 571. The number of halogens is 1. The third kappa shape index (κ3) is 2.81. The van der Waals surface area contributed by atoms with Crippen LogP contribution in [0.4, 0.5) is 16.0 Å². The van der Waals surface area contributed by atoms with Crippen molar-refractivity contribution in [1.29, 1.82) is 0 Å². The fourth-order valence-corrected chi connectivity index (χ4v) is 1.96. The van der Waals surface area contributed by atoms with Gasteiger partial charge >= 0.3 is 0 Å². The zero-order chi connectivity index (χ0) is 13.8. The van der Waals surface area contributed by atoms with E-state index in [4.69, 9.17) is 0 Å². The van der Waals surface area contributed by atoms with Gasteiger partial charge in [-0.25, -0.2) is 14.4 Å². The van der Waals surface area contributed by atoms with E-state index in [0.29, 0.717) is 11.4 Å². The Morgan fingerprint density at radius 1 is 1.16 bits per heavy atom. The Labute approximate surface area is 112 Å². The van der Waals surface area contributed by atoms with E-state index < -0.39 is 0 Å². The second kappa shape index (κ2) is 5.65. The van der Waals surface area contributed by atoms with Crippen LogP contribution in [0.1, 0.15) is 24.1 Å². The Morgan fingerprint density at radius 3 is 2.53 bits per heavy atom. The molecular formula is C14H17FN4. The first-order valence-corrected chi connectivity index (χ1v) is 6.13. The average molecular weight is 260 g/mol. The summed E-state index contributed by atoms with van der Waals surface area (Å²) in [6, 6.07) is 6.56. The smallest absolute Gasteiger partial charge is 0.134 e. The highest BCUT2D eigenvalue weighted by atomic mass is 19.1. The second-order valence-electron chi connectivity index (χ2n) is 4.33.